The molecule has 1 aliphatic heterocycles. The van der Waals surface area contributed by atoms with Gasteiger partial charge in [-0.25, -0.2) is 4.39 Å². The van der Waals surface area contributed by atoms with Crippen LogP contribution in [-0.2, 0) is 30.7 Å². The van der Waals surface area contributed by atoms with Crippen LogP contribution in [0.1, 0.15) is 42.9 Å². The van der Waals surface area contributed by atoms with Crippen LogP contribution in [0.15, 0.2) is 24.3 Å². The van der Waals surface area contributed by atoms with Gasteiger partial charge in [-0.05, 0) is 37.0 Å². The maximum Gasteiger partial charge on any atom is 0.220 e. The molecule has 23 heavy (non-hydrogen) atoms. The molecule has 6 heteroatoms. The smallest absolute Gasteiger partial charge is 0.220 e. The molecule has 0 saturated heterocycles. The average molecular weight is 316 g/mol. The van der Waals surface area contributed by atoms with Gasteiger partial charge in [-0.3, -0.25) is 4.79 Å². The van der Waals surface area contributed by atoms with Gasteiger partial charge < -0.3 is 9.88 Å². The van der Waals surface area contributed by atoms with Crippen LogP contribution in [0.5, 0.6) is 0 Å². The summed E-state index contributed by atoms with van der Waals surface area (Å²) in [5, 5.41) is 11.3. The van der Waals surface area contributed by atoms with Crippen molar-refractivity contribution in [1.82, 2.24) is 20.1 Å². The lowest BCUT2D eigenvalue weighted by atomic mass is 10.1. The molecule has 1 aromatic heterocycles. The summed E-state index contributed by atoms with van der Waals surface area (Å²) in [4.78, 5) is 12.0. The number of carbonyl (C=O) groups is 1. The van der Waals surface area contributed by atoms with Gasteiger partial charge in [-0.2, -0.15) is 0 Å². The minimum atomic E-state index is -0.259. The Labute approximate surface area is 134 Å². The summed E-state index contributed by atoms with van der Waals surface area (Å²) in [6.45, 7) is 1.35. The molecule has 0 atom stereocenters. The summed E-state index contributed by atoms with van der Waals surface area (Å²) < 4.78 is 15.0. The molecule has 0 bridgehead atoms. The van der Waals surface area contributed by atoms with E-state index >= 15 is 0 Å². The lowest BCUT2D eigenvalue weighted by Gasteiger charge is -2.08. The number of benzene rings is 1. The highest BCUT2D eigenvalue weighted by atomic mass is 19.1. The van der Waals surface area contributed by atoms with E-state index in [1.54, 1.807) is 12.1 Å². The van der Waals surface area contributed by atoms with Crippen LogP contribution < -0.4 is 5.32 Å². The van der Waals surface area contributed by atoms with Crippen molar-refractivity contribution in [2.24, 2.45) is 0 Å². The predicted molar refractivity (Wildman–Crippen MR) is 84.1 cm³/mol. The van der Waals surface area contributed by atoms with Crippen molar-refractivity contribution in [1.29, 1.82) is 0 Å². The van der Waals surface area contributed by atoms with Crippen LogP contribution in [-0.4, -0.2) is 20.7 Å². The molecule has 3 rings (SSSR count). The summed E-state index contributed by atoms with van der Waals surface area (Å²) in [7, 11) is 0. The second-order valence-corrected chi connectivity index (χ2v) is 5.90. The van der Waals surface area contributed by atoms with E-state index in [2.05, 4.69) is 20.1 Å². The van der Waals surface area contributed by atoms with Crippen molar-refractivity contribution in [2.75, 3.05) is 0 Å². The van der Waals surface area contributed by atoms with Gasteiger partial charge >= 0.3 is 0 Å². The predicted octanol–water partition coefficient (Wildman–Crippen LogP) is 2.39. The van der Waals surface area contributed by atoms with Gasteiger partial charge in [0.1, 0.15) is 11.6 Å². The number of hydrogen-bond acceptors (Lipinski definition) is 3. The van der Waals surface area contributed by atoms with Gasteiger partial charge in [-0.1, -0.05) is 18.6 Å². The van der Waals surface area contributed by atoms with Crippen molar-refractivity contribution in [3.8, 4) is 0 Å². The SMILES string of the molecule is O=C(CCc1ccc(F)cc1)NCc1nnc2n1CCCCC2. The monoisotopic (exact) mass is 316 g/mol. The van der Waals surface area contributed by atoms with Crippen LogP contribution in [0.4, 0.5) is 4.39 Å². The van der Waals surface area contributed by atoms with E-state index < -0.39 is 0 Å². The van der Waals surface area contributed by atoms with E-state index in [0.717, 1.165) is 43.0 Å². The maximum absolute atomic E-state index is 12.8. The standard InChI is InChI=1S/C17H21FN4O/c18-14-8-5-13(6-9-14)7-10-17(23)19-12-16-21-20-15-4-2-1-3-11-22(15)16/h5-6,8-9H,1-4,7,10-12H2,(H,19,23). The second-order valence-electron chi connectivity index (χ2n) is 5.90. The summed E-state index contributed by atoms with van der Waals surface area (Å²) in [6.07, 6.45) is 5.45. The third kappa shape index (κ3) is 4.15. The minimum Gasteiger partial charge on any atom is -0.349 e. The fourth-order valence-electron chi connectivity index (χ4n) is 2.85. The van der Waals surface area contributed by atoms with Gasteiger partial charge in [0.25, 0.3) is 0 Å². The van der Waals surface area contributed by atoms with Crippen LogP contribution in [0.2, 0.25) is 0 Å². The highest BCUT2D eigenvalue weighted by Crippen LogP contribution is 2.14. The summed E-state index contributed by atoms with van der Waals surface area (Å²) in [5.74, 6) is 1.57. The molecule has 1 aromatic carbocycles. The third-order valence-electron chi connectivity index (χ3n) is 4.18. The Balaban J connectivity index is 1.49. The molecule has 0 radical (unpaired) electrons. The van der Waals surface area contributed by atoms with Gasteiger partial charge in [0, 0.05) is 19.4 Å². The molecule has 0 saturated carbocycles. The summed E-state index contributed by atoms with van der Waals surface area (Å²) in [6, 6.07) is 6.25. The molecule has 2 heterocycles. The van der Waals surface area contributed by atoms with Gasteiger partial charge in [0.15, 0.2) is 5.82 Å². The molecule has 0 fully saturated rings. The molecule has 0 unspecified atom stereocenters. The van der Waals surface area contributed by atoms with Gasteiger partial charge in [-0.15, -0.1) is 10.2 Å². The Bertz CT molecular complexity index is 666. The van der Waals surface area contributed by atoms with E-state index in [0.29, 0.717) is 19.4 Å². The fourth-order valence-corrected chi connectivity index (χ4v) is 2.85. The number of aromatic nitrogens is 3. The van der Waals surface area contributed by atoms with E-state index in [1.807, 2.05) is 0 Å². The van der Waals surface area contributed by atoms with Crippen LogP contribution >= 0.6 is 0 Å². The number of halogens is 1. The topological polar surface area (TPSA) is 59.8 Å². The number of nitrogens with zero attached hydrogens (tertiary/aromatic N) is 3. The van der Waals surface area contributed by atoms with E-state index in [9.17, 15) is 9.18 Å². The van der Waals surface area contributed by atoms with Crippen molar-refractivity contribution >= 4 is 5.91 Å². The Morgan fingerprint density at radius 1 is 1.17 bits per heavy atom. The Hall–Kier alpha value is -2.24. The number of aryl methyl sites for hydroxylation is 2. The first kappa shape index (κ1) is 15.6. The lowest BCUT2D eigenvalue weighted by Crippen LogP contribution is -2.25. The molecule has 0 aliphatic carbocycles. The van der Waals surface area contributed by atoms with Crippen LogP contribution in [0.3, 0.4) is 0 Å². The molecular formula is C17H21FN4O. The van der Waals surface area contributed by atoms with Crippen molar-refractivity contribution in [3.05, 3.63) is 47.3 Å². The number of rotatable bonds is 5. The molecule has 1 aliphatic rings. The number of amides is 1. The molecule has 2 aromatic rings. The number of fused-ring (bicyclic) bond motifs is 1. The molecule has 0 spiro atoms. The zero-order valence-corrected chi connectivity index (χ0v) is 13.1. The first-order chi connectivity index (χ1) is 11.2. The van der Waals surface area contributed by atoms with Crippen molar-refractivity contribution < 1.29 is 9.18 Å². The van der Waals surface area contributed by atoms with Crippen LogP contribution in [0.25, 0.3) is 0 Å². The first-order valence-corrected chi connectivity index (χ1v) is 8.14. The number of nitrogens with one attached hydrogen (secondary N) is 1. The molecule has 1 N–H and O–H groups in total. The highest BCUT2D eigenvalue weighted by molar-refractivity contribution is 5.76. The lowest BCUT2D eigenvalue weighted by molar-refractivity contribution is -0.121. The molecule has 1 amide bonds. The fraction of sp³-hybridized carbons (Fsp3) is 0.471. The Kier molecular flexibility index (Phi) is 5.00. The van der Waals surface area contributed by atoms with Crippen molar-refractivity contribution in [2.45, 2.75) is 51.6 Å². The summed E-state index contributed by atoms with van der Waals surface area (Å²) in [5.41, 5.74) is 0.956. The zero-order valence-electron chi connectivity index (χ0n) is 13.1. The molecule has 122 valence electrons. The highest BCUT2D eigenvalue weighted by Gasteiger charge is 2.15. The van der Waals surface area contributed by atoms with Crippen LogP contribution in [0, 0.1) is 5.82 Å². The first-order valence-electron chi connectivity index (χ1n) is 8.14. The molecule has 5 nitrogen and oxygen atoms in total. The zero-order chi connectivity index (χ0) is 16.1. The number of carbonyl (C=O) groups excluding carboxylic acids is 1. The van der Waals surface area contributed by atoms with Gasteiger partial charge in [0.2, 0.25) is 5.91 Å². The van der Waals surface area contributed by atoms with Crippen molar-refractivity contribution in [3.63, 3.8) is 0 Å². The van der Waals surface area contributed by atoms with E-state index in [4.69, 9.17) is 0 Å². The largest absolute Gasteiger partial charge is 0.349 e. The third-order valence-corrected chi connectivity index (χ3v) is 4.18. The van der Waals surface area contributed by atoms with E-state index in [-0.39, 0.29) is 11.7 Å². The van der Waals surface area contributed by atoms with Gasteiger partial charge in [0.05, 0.1) is 6.54 Å². The normalized spacial score (nSPS) is 14.1. The Morgan fingerprint density at radius 2 is 2.00 bits per heavy atom. The number of hydrogen-bond donors (Lipinski definition) is 1. The Morgan fingerprint density at radius 3 is 2.83 bits per heavy atom. The minimum absolute atomic E-state index is 0.0275. The molecular weight excluding hydrogens is 295 g/mol. The quantitative estimate of drug-likeness (QED) is 0.921. The summed E-state index contributed by atoms with van der Waals surface area (Å²) >= 11 is 0. The maximum atomic E-state index is 12.8. The second kappa shape index (κ2) is 7.35. The average Bonchev–Trinajstić information content (AvgIpc) is 2.79. The van der Waals surface area contributed by atoms with E-state index in [1.165, 1.54) is 18.6 Å².